The molecule has 0 heterocycles. The molecular formula is C14H11BrClF2NO. The highest BCUT2D eigenvalue weighted by Gasteiger charge is 2.18. The molecule has 2 aromatic carbocycles. The molecule has 6 heteroatoms. The molecule has 1 atom stereocenters. The van der Waals surface area contributed by atoms with Crippen LogP contribution < -0.4 is 10.5 Å². The first-order valence-corrected chi connectivity index (χ1v) is 6.84. The Labute approximate surface area is 128 Å². The van der Waals surface area contributed by atoms with Gasteiger partial charge >= 0.3 is 0 Å². The number of benzene rings is 2. The maximum absolute atomic E-state index is 13.3. The molecule has 0 radical (unpaired) electrons. The lowest BCUT2D eigenvalue weighted by Gasteiger charge is -2.18. The molecule has 106 valence electrons. The fraction of sp³-hybridized carbons (Fsp3) is 0.143. The summed E-state index contributed by atoms with van der Waals surface area (Å²) in [6.07, 6.45) is 0. The quantitative estimate of drug-likeness (QED) is 0.876. The van der Waals surface area contributed by atoms with Gasteiger partial charge in [-0.3, -0.25) is 0 Å². The molecule has 20 heavy (non-hydrogen) atoms. The number of methoxy groups -OCH3 is 1. The number of hydrogen-bond donors (Lipinski definition) is 1. The van der Waals surface area contributed by atoms with Crippen molar-refractivity contribution < 1.29 is 13.5 Å². The van der Waals surface area contributed by atoms with Crippen LogP contribution in [0.25, 0.3) is 0 Å². The van der Waals surface area contributed by atoms with Gasteiger partial charge < -0.3 is 10.5 Å². The van der Waals surface area contributed by atoms with Crippen LogP contribution >= 0.6 is 27.5 Å². The Hall–Kier alpha value is -1.17. The lowest BCUT2D eigenvalue weighted by atomic mass is 9.98. The van der Waals surface area contributed by atoms with Crippen molar-refractivity contribution in [1.29, 1.82) is 0 Å². The summed E-state index contributed by atoms with van der Waals surface area (Å²) in [7, 11) is 1.48. The monoisotopic (exact) mass is 361 g/mol. The summed E-state index contributed by atoms with van der Waals surface area (Å²) < 4.78 is 32.4. The van der Waals surface area contributed by atoms with Crippen molar-refractivity contribution in [3.05, 3.63) is 62.6 Å². The summed E-state index contributed by atoms with van der Waals surface area (Å²) in [5.41, 5.74) is 6.92. The maximum atomic E-state index is 13.3. The van der Waals surface area contributed by atoms with Gasteiger partial charge in [0.2, 0.25) is 0 Å². The van der Waals surface area contributed by atoms with Crippen LogP contribution in [0.4, 0.5) is 8.78 Å². The average Bonchev–Trinajstić information content (AvgIpc) is 2.35. The van der Waals surface area contributed by atoms with Gasteiger partial charge in [-0.25, -0.2) is 8.78 Å². The first kappa shape index (κ1) is 15.2. The molecule has 0 bridgehead atoms. The van der Waals surface area contributed by atoms with E-state index in [-0.39, 0.29) is 0 Å². The minimum absolute atomic E-state index is 0.301. The third-order valence-corrected chi connectivity index (χ3v) is 3.63. The largest absolute Gasteiger partial charge is 0.495 e. The van der Waals surface area contributed by atoms with Gasteiger partial charge in [0.1, 0.15) is 17.4 Å². The molecule has 0 fully saturated rings. The van der Waals surface area contributed by atoms with E-state index in [0.29, 0.717) is 26.4 Å². The molecule has 0 spiro atoms. The molecule has 0 aliphatic heterocycles. The maximum Gasteiger partial charge on any atom is 0.138 e. The Morgan fingerprint density at radius 2 is 1.75 bits per heavy atom. The predicted octanol–water partition coefficient (Wildman–Crippen LogP) is 4.44. The Morgan fingerprint density at radius 1 is 1.15 bits per heavy atom. The molecule has 0 aliphatic rings. The first-order valence-electron chi connectivity index (χ1n) is 5.67. The third kappa shape index (κ3) is 3.11. The van der Waals surface area contributed by atoms with Gasteiger partial charge in [-0.2, -0.15) is 0 Å². The van der Waals surface area contributed by atoms with E-state index in [0.717, 1.165) is 6.07 Å². The van der Waals surface area contributed by atoms with Gasteiger partial charge in [0.15, 0.2) is 0 Å². The normalized spacial score (nSPS) is 12.3. The van der Waals surface area contributed by atoms with Crippen LogP contribution in [0.2, 0.25) is 5.02 Å². The smallest absolute Gasteiger partial charge is 0.138 e. The average molecular weight is 363 g/mol. The minimum atomic E-state index is -0.759. The lowest BCUT2D eigenvalue weighted by molar-refractivity contribution is 0.405. The standard InChI is InChI=1S/C14H11BrClF2NO/c1-20-14-11(4-8(16)5-12(14)15)13(19)7-2-9(17)6-10(18)3-7/h2-6,13H,19H2,1H3. The minimum Gasteiger partial charge on any atom is -0.495 e. The lowest BCUT2D eigenvalue weighted by Crippen LogP contribution is -2.14. The van der Waals surface area contributed by atoms with Gasteiger partial charge in [-0.1, -0.05) is 11.6 Å². The highest BCUT2D eigenvalue weighted by molar-refractivity contribution is 9.10. The molecule has 2 N–H and O–H groups in total. The van der Waals surface area contributed by atoms with Crippen LogP contribution in [0, 0.1) is 11.6 Å². The molecule has 2 nitrogen and oxygen atoms in total. The molecule has 2 aromatic rings. The summed E-state index contributed by atoms with van der Waals surface area (Å²) in [4.78, 5) is 0. The number of halogens is 4. The van der Waals surface area contributed by atoms with Crippen molar-refractivity contribution >= 4 is 27.5 Å². The summed E-state index contributed by atoms with van der Waals surface area (Å²) in [6.45, 7) is 0. The Kier molecular flexibility index (Phi) is 4.62. The van der Waals surface area contributed by atoms with Crippen molar-refractivity contribution in [3.8, 4) is 5.75 Å². The topological polar surface area (TPSA) is 35.2 Å². The van der Waals surface area contributed by atoms with Gasteiger partial charge in [0, 0.05) is 16.7 Å². The van der Waals surface area contributed by atoms with Crippen molar-refractivity contribution in [2.24, 2.45) is 5.73 Å². The summed E-state index contributed by atoms with van der Waals surface area (Å²) in [6, 6.07) is 5.66. The van der Waals surface area contributed by atoms with E-state index in [2.05, 4.69) is 15.9 Å². The second-order valence-corrected chi connectivity index (χ2v) is 5.48. The predicted molar refractivity (Wildman–Crippen MR) is 78.1 cm³/mol. The zero-order valence-electron chi connectivity index (χ0n) is 10.5. The highest BCUT2D eigenvalue weighted by Crippen LogP contribution is 2.37. The van der Waals surface area contributed by atoms with E-state index < -0.39 is 17.7 Å². The molecule has 2 rings (SSSR count). The number of rotatable bonds is 3. The van der Waals surface area contributed by atoms with Crippen LogP contribution in [-0.2, 0) is 0 Å². The number of hydrogen-bond acceptors (Lipinski definition) is 2. The van der Waals surface area contributed by atoms with Crippen molar-refractivity contribution in [2.45, 2.75) is 6.04 Å². The summed E-state index contributed by atoms with van der Waals surface area (Å²) in [5, 5.41) is 0.444. The van der Waals surface area contributed by atoms with Gasteiger partial charge in [-0.15, -0.1) is 0 Å². The Bertz CT molecular complexity index is 631. The fourth-order valence-electron chi connectivity index (χ4n) is 1.96. The molecule has 0 aliphatic carbocycles. The zero-order chi connectivity index (χ0) is 14.9. The zero-order valence-corrected chi connectivity index (χ0v) is 12.8. The number of ether oxygens (including phenoxy) is 1. The highest BCUT2D eigenvalue weighted by atomic mass is 79.9. The van der Waals surface area contributed by atoms with Crippen molar-refractivity contribution in [1.82, 2.24) is 0 Å². The van der Waals surface area contributed by atoms with Crippen molar-refractivity contribution in [3.63, 3.8) is 0 Å². The van der Waals surface area contributed by atoms with Crippen LogP contribution in [0.5, 0.6) is 5.75 Å². The second-order valence-electron chi connectivity index (χ2n) is 4.19. The molecule has 0 saturated carbocycles. The van der Waals surface area contributed by atoms with E-state index in [4.69, 9.17) is 22.1 Å². The van der Waals surface area contributed by atoms with Gasteiger partial charge in [0.25, 0.3) is 0 Å². The number of nitrogens with two attached hydrogens (primary N) is 1. The van der Waals surface area contributed by atoms with Crippen LogP contribution in [0.15, 0.2) is 34.8 Å². The van der Waals surface area contributed by atoms with Crippen LogP contribution in [0.3, 0.4) is 0 Å². The van der Waals surface area contributed by atoms with Crippen LogP contribution in [0.1, 0.15) is 17.2 Å². The van der Waals surface area contributed by atoms with E-state index in [9.17, 15) is 8.78 Å². The molecule has 0 aromatic heterocycles. The third-order valence-electron chi connectivity index (χ3n) is 2.82. The summed E-state index contributed by atoms with van der Waals surface area (Å²) >= 11 is 9.30. The molecular weight excluding hydrogens is 352 g/mol. The Morgan fingerprint density at radius 3 is 2.30 bits per heavy atom. The summed E-state index contributed by atoms with van der Waals surface area (Å²) in [5.74, 6) is -0.891. The van der Waals surface area contributed by atoms with Crippen molar-refractivity contribution in [2.75, 3.05) is 7.11 Å². The van der Waals surface area contributed by atoms with Gasteiger partial charge in [0.05, 0.1) is 17.6 Å². The van der Waals surface area contributed by atoms with E-state index in [1.807, 2.05) is 0 Å². The molecule has 0 amide bonds. The van der Waals surface area contributed by atoms with E-state index >= 15 is 0 Å². The first-order chi connectivity index (χ1) is 9.42. The SMILES string of the molecule is COc1c(Br)cc(Cl)cc1C(N)c1cc(F)cc(F)c1. The fourth-order valence-corrected chi connectivity index (χ4v) is 2.96. The Balaban J connectivity index is 2.55. The van der Waals surface area contributed by atoms with Gasteiger partial charge in [-0.05, 0) is 45.8 Å². The van der Waals surface area contributed by atoms with E-state index in [1.54, 1.807) is 12.1 Å². The van der Waals surface area contributed by atoms with Crippen LogP contribution in [-0.4, -0.2) is 7.11 Å². The molecule has 0 saturated heterocycles. The van der Waals surface area contributed by atoms with E-state index in [1.165, 1.54) is 19.2 Å². The second kappa shape index (κ2) is 6.08. The molecule has 1 unspecified atom stereocenters.